The molecule has 1 saturated carbocycles. The molecular formula is C12H14O3. The first-order valence-corrected chi connectivity index (χ1v) is 5.03. The molecule has 0 heterocycles. The Morgan fingerprint density at radius 2 is 2.07 bits per heavy atom. The zero-order valence-corrected chi connectivity index (χ0v) is 8.59. The third kappa shape index (κ3) is 2.02. The lowest BCUT2D eigenvalue weighted by atomic mass is 10.1. The number of ether oxygens (including phenoxy) is 1. The molecule has 80 valence electrons. The van der Waals surface area contributed by atoms with E-state index in [1.54, 1.807) is 7.11 Å². The van der Waals surface area contributed by atoms with Gasteiger partial charge in [0.1, 0.15) is 0 Å². The molecule has 3 nitrogen and oxygen atoms in total. The van der Waals surface area contributed by atoms with Crippen LogP contribution in [0.25, 0.3) is 0 Å². The van der Waals surface area contributed by atoms with Gasteiger partial charge in [-0.3, -0.25) is 4.79 Å². The van der Waals surface area contributed by atoms with Crippen LogP contribution >= 0.6 is 0 Å². The van der Waals surface area contributed by atoms with Gasteiger partial charge in [-0.05, 0) is 5.56 Å². The fourth-order valence-corrected chi connectivity index (χ4v) is 2.22. The number of carboxylic acids is 1. The number of hydrogen-bond acceptors (Lipinski definition) is 2. The van der Waals surface area contributed by atoms with E-state index >= 15 is 0 Å². The van der Waals surface area contributed by atoms with Gasteiger partial charge in [-0.1, -0.05) is 30.3 Å². The molecular weight excluding hydrogens is 192 g/mol. The first-order valence-electron chi connectivity index (χ1n) is 5.03. The standard InChI is InChI=1S/C12H14O3/c1-15-12-9(7-10(13)14)11(12)8-5-3-2-4-6-8/h2-6,9,11-12H,7H2,1H3,(H,13,14)/t9-,11-,12+/m0/s1. The molecule has 1 N–H and O–H groups in total. The largest absolute Gasteiger partial charge is 0.481 e. The average molecular weight is 206 g/mol. The average Bonchev–Trinajstić information content (AvgIpc) is 2.91. The third-order valence-electron chi connectivity index (χ3n) is 2.96. The van der Waals surface area contributed by atoms with Crippen molar-refractivity contribution >= 4 is 5.97 Å². The lowest BCUT2D eigenvalue weighted by Crippen LogP contribution is -1.99. The fraction of sp³-hybridized carbons (Fsp3) is 0.417. The van der Waals surface area contributed by atoms with Crippen LogP contribution in [0.4, 0.5) is 0 Å². The van der Waals surface area contributed by atoms with Crippen LogP contribution in [0.2, 0.25) is 0 Å². The second kappa shape index (κ2) is 4.03. The molecule has 0 aromatic heterocycles. The van der Waals surface area contributed by atoms with E-state index in [1.165, 1.54) is 5.56 Å². The van der Waals surface area contributed by atoms with E-state index in [9.17, 15) is 4.79 Å². The van der Waals surface area contributed by atoms with Crippen molar-refractivity contribution in [2.75, 3.05) is 7.11 Å². The summed E-state index contributed by atoms with van der Waals surface area (Å²) in [5.41, 5.74) is 1.18. The molecule has 0 radical (unpaired) electrons. The highest BCUT2D eigenvalue weighted by Gasteiger charge is 2.52. The lowest BCUT2D eigenvalue weighted by molar-refractivity contribution is -0.137. The maximum Gasteiger partial charge on any atom is 0.303 e. The van der Waals surface area contributed by atoms with Crippen molar-refractivity contribution in [3.05, 3.63) is 35.9 Å². The second-order valence-electron chi connectivity index (χ2n) is 3.90. The molecule has 2 rings (SSSR count). The Morgan fingerprint density at radius 3 is 2.60 bits per heavy atom. The number of hydrogen-bond donors (Lipinski definition) is 1. The van der Waals surface area contributed by atoms with Crippen LogP contribution in [0, 0.1) is 5.92 Å². The minimum absolute atomic E-state index is 0.0727. The van der Waals surface area contributed by atoms with Gasteiger partial charge in [0.15, 0.2) is 0 Å². The normalized spacial score (nSPS) is 28.7. The number of benzene rings is 1. The highest BCUT2D eigenvalue weighted by atomic mass is 16.5. The summed E-state index contributed by atoms with van der Waals surface area (Å²) in [6, 6.07) is 9.95. The third-order valence-corrected chi connectivity index (χ3v) is 2.96. The first kappa shape index (κ1) is 10.2. The van der Waals surface area contributed by atoms with Gasteiger partial charge in [-0.2, -0.15) is 0 Å². The SMILES string of the molecule is CO[C@@H]1[C@@H](CC(=O)O)[C@@H]1c1ccccc1. The van der Waals surface area contributed by atoms with Gasteiger partial charge in [0.2, 0.25) is 0 Å². The Labute approximate surface area is 88.7 Å². The summed E-state index contributed by atoms with van der Waals surface area (Å²) in [5.74, 6) is -0.359. The van der Waals surface area contributed by atoms with E-state index in [-0.39, 0.29) is 24.4 Å². The summed E-state index contributed by atoms with van der Waals surface area (Å²) in [6.45, 7) is 0. The molecule has 1 fully saturated rings. The van der Waals surface area contributed by atoms with Gasteiger partial charge in [-0.15, -0.1) is 0 Å². The predicted molar refractivity (Wildman–Crippen MR) is 55.7 cm³/mol. The number of rotatable bonds is 4. The molecule has 1 aromatic rings. The van der Waals surface area contributed by atoms with E-state index in [0.29, 0.717) is 0 Å². The second-order valence-corrected chi connectivity index (χ2v) is 3.90. The molecule has 3 atom stereocenters. The predicted octanol–water partition coefficient (Wildman–Crippen LogP) is 1.89. The van der Waals surface area contributed by atoms with Crippen LogP contribution in [-0.4, -0.2) is 24.3 Å². The van der Waals surface area contributed by atoms with Crippen molar-refractivity contribution in [1.82, 2.24) is 0 Å². The summed E-state index contributed by atoms with van der Waals surface area (Å²) < 4.78 is 5.28. The molecule has 0 amide bonds. The number of carboxylic acid groups (broad SMARTS) is 1. The van der Waals surface area contributed by atoms with E-state index in [0.717, 1.165) is 0 Å². The monoisotopic (exact) mass is 206 g/mol. The number of aliphatic carboxylic acids is 1. The van der Waals surface area contributed by atoms with Crippen LogP contribution in [0.1, 0.15) is 17.9 Å². The molecule has 1 aliphatic rings. The molecule has 15 heavy (non-hydrogen) atoms. The summed E-state index contributed by atoms with van der Waals surface area (Å²) in [7, 11) is 1.64. The summed E-state index contributed by atoms with van der Waals surface area (Å²) in [6.07, 6.45) is 0.265. The van der Waals surface area contributed by atoms with Crippen molar-refractivity contribution in [2.45, 2.75) is 18.4 Å². The molecule has 0 spiro atoms. The van der Waals surface area contributed by atoms with Gasteiger partial charge in [0, 0.05) is 18.9 Å². The van der Waals surface area contributed by atoms with E-state index in [1.807, 2.05) is 30.3 Å². The van der Waals surface area contributed by atoms with E-state index in [4.69, 9.17) is 9.84 Å². The van der Waals surface area contributed by atoms with Gasteiger partial charge < -0.3 is 9.84 Å². The Kier molecular flexibility index (Phi) is 2.73. The zero-order chi connectivity index (χ0) is 10.8. The summed E-state index contributed by atoms with van der Waals surface area (Å²) in [5, 5.41) is 8.75. The van der Waals surface area contributed by atoms with Crippen LogP contribution < -0.4 is 0 Å². The highest BCUT2D eigenvalue weighted by Crippen LogP contribution is 2.51. The Morgan fingerprint density at radius 1 is 1.40 bits per heavy atom. The first-order chi connectivity index (χ1) is 7.24. The van der Waals surface area contributed by atoms with Gasteiger partial charge in [0.05, 0.1) is 12.5 Å². The van der Waals surface area contributed by atoms with Crippen LogP contribution in [0.15, 0.2) is 30.3 Å². The Balaban J connectivity index is 2.08. The van der Waals surface area contributed by atoms with Crippen molar-refractivity contribution < 1.29 is 14.6 Å². The van der Waals surface area contributed by atoms with Gasteiger partial charge in [0.25, 0.3) is 0 Å². The summed E-state index contributed by atoms with van der Waals surface area (Å²) in [4.78, 5) is 10.6. The molecule has 0 aliphatic heterocycles. The van der Waals surface area contributed by atoms with Crippen molar-refractivity contribution in [2.24, 2.45) is 5.92 Å². The molecule has 0 bridgehead atoms. The minimum atomic E-state index is -0.750. The number of methoxy groups -OCH3 is 1. The summed E-state index contributed by atoms with van der Waals surface area (Å²) >= 11 is 0. The minimum Gasteiger partial charge on any atom is -0.481 e. The smallest absolute Gasteiger partial charge is 0.303 e. The lowest BCUT2D eigenvalue weighted by Gasteiger charge is -1.97. The molecule has 0 saturated heterocycles. The Bertz CT molecular complexity index is 347. The topological polar surface area (TPSA) is 46.5 Å². The van der Waals surface area contributed by atoms with Crippen molar-refractivity contribution in [3.63, 3.8) is 0 Å². The van der Waals surface area contributed by atoms with Crippen molar-refractivity contribution in [1.29, 1.82) is 0 Å². The quantitative estimate of drug-likeness (QED) is 0.818. The maximum atomic E-state index is 10.6. The zero-order valence-electron chi connectivity index (χ0n) is 8.59. The molecule has 0 unspecified atom stereocenters. The van der Waals surface area contributed by atoms with Gasteiger partial charge >= 0.3 is 5.97 Å². The maximum absolute atomic E-state index is 10.6. The van der Waals surface area contributed by atoms with Gasteiger partial charge in [-0.25, -0.2) is 0 Å². The molecule has 1 aromatic carbocycles. The van der Waals surface area contributed by atoms with E-state index < -0.39 is 5.97 Å². The van der Waals surface area contributed by atoms with E-state index in [2.05, 4.69) is 0 Å². The Hall–Kier alpha value is -1.35. The number of carbonyl (C=O) groups is 1. The molecule has 1 aliphatic carbocycles. The van der Waals surface area contributed by atoms with Crippen molar-refractivity contribution in [3.8, 4) is 0 Å². The van der Waals surface area contributed by atoms with Crippen LogP contribution in [0.3, 0.4) is 0 Å². The van der Waals surface area contributed by atoms with Crippen LogP contribution in [-0.2, 0) is 9.53 Å². The van der Waals surface area contributed by atoms with Crippen LogP contribution in [0.5, 0.6) is 0 Å². The molecule has 3 heteroatoms. The fourth-order valence-electron chi connectivity index (χ4n) is 2.22. The highest BCUT2D eigenvalue weighted by molar-refractivity contribution is 5.68.